The molecule has 0 aliphatic carbocycles. The van der Waals surface area contributed by atoms with Gasteiger partial charge in [0.1, 0.15) is 17.1 Å². The average Bonchev–Trinajstić information content (AvgIpc) is 3.28. The zero-order valence-electron chi connectivity index (χ0n) is 19.3. The molecule has 6 nitrogen and oxygen atoms in total. The molecule has 1 aromatic heterocycles. The first-order valence-corrected chi connectivity index (χ1v) is 12.8. The fourth-order valence-corrected chi connectivity index (χ4v) is 5.61. The van der Waals surface area contributed by atoms with Crippen molar-refractivity contribution in [3.8, 4) is 5.75 Å². The zero-order valence-corrected chi connectivity index (χ0v) is 21.7. The molecule has 4 rings (SSSR count). The average molecular weight is 526 g/mol. The van der Waals surface area contributed by atoms with Crippen molar-refractivity contribution >= 4 is 56.8 Å². The van der Waals surface area contributed by atoms with Crippen LogP contribution in [0.25, 0.3) is 10.2 Å². The van der Waals surface area contributed by atoms with Gasteiger partial charge in [-0.2, -0.15) is 0 Å². The van der Waals surface area contributed by atoms with Gasteiger partial charge in [-0.1, -0.05) is 17.4 Å². The lowest BCUT2D eigenvalue weighted by Gasteiger charge is -2.27. The van der Waals surface area contributed by atoms with Crippen LogP contribution in [-0.4, -0.2) is 68.0 Å². The molecule has 1 aliphatic rings. The van der Waals surface area contributed by atoms with Crippen LogP contribution < -0.4 is 9.64 Å². The molecule has 0 N–H and O–H groups in total. The van der Waals surface area contributed by atoms with E-state index in [9.17, 15) is 9.18 Å². The Morgan fingerprint density at radius 2 is 1.97 bits per heavy atom. The molecule has 0 saturated carbocycles. The first-order valence-electron chi connectivity index (χ1n) is 11.0. The van der Waals surface area contributed by atoms with Gasteiger partial charge in [0.05, 0.1) is 30.8 Å². The molecule has 3 aromatic rings. The second kappa shape index (κ2) is 12.7. The Morgan fingerprint density at radius 3 is 2.68 bits per heavy atom. The molecule has 1 amide bonds. The Bertz CT molecular complexity index is 1090. The number of thiazole rings is 1. The first-order chi connectivity index (χ1) is 16.0. The first kappa shape index (κ1) is 26.7. The van der Waals surface area contributed by atoms with E-state index in [0.717, 1.165) is 59.9 Å². The summed E-state index contributed by atoms with van der Waals surface area (Å²) >= 11 is 2.93. The molecule has 0 spiro atoms. The summed E-state index contributed by atoms with van der Waals surface area (Å²) in [6, 6.07) is 10.1. The van der Waals surface area contributed by atoms with Gasteiger partial charge in [-0.05, 0) is 49.2 Å². The van der Waals surface area contributed by atoms with Crippen LogP contribution in [0, 0.1) is 12.7 Å². The van der Waals surface area contributed by atoms with E-state index in [2.05, 4.69) is 4.90 Å². The summed E-state index contributed by atoms with van der Waals surface area (Å²) in [7, 11) is 1.63. The van der Waals surface area contributed by atoms with Gasteiger partial charge in [0.2, 0.25) is 5.91 Å². The van der Waals surface area contributed by atoms with E-state index >= 15 is 0 Å². The Hall–Kier alpha value is -1.91. The van der Waals surface area contributed by atoms with E-state index in [0.29, 0.717) is 17.4 Å². The molecule has 2 heterocycles. The number of morpholine rings is 1. The molecule has 2 aromatic carbocycles. The number of amides is 1. The largest absolute Gasteiger partial charge is 0.494 e. The number of anilines is 1. The Balaban J connectivity index is 0.00000324. The van der Waals surface area contributed by atoms with E-state index in [1.165, 1.54) is 35.2 Å². The van der Waals surface area contributed by atoms with Crippen LogP contribution in [0.4, 0.5) is 9.52 Å². The normalized spacial score (nSPS) is 14.1. The number of nitrogens with zero attached hydrogens (tertiary/aromatic N) is 3. The number of aromatic nitrogens is 1. The summed E-state index contributed by atoms with van der Waals surface area (Å²) in [6.07, 6.45) is 0.846. The Labute approximate surface area is 213 Å². The number of halogens is 2. The molecule has 10 heteroatoms. The van der Waals surface area contributed by atoms with Crippen LogP contribution >= 0.6 is 35.5 Å². The van der Waals surface area contributed by atoms with Gasteiger partial charge in [-0.15, -0.1) is 24.2 Å². The zero-order chi connectivity index (χ0) is 23.2. The molecular formula is C24H29ClFN3O3S2. The van der Waals surface area contributed by atoms with Gasteiger partial charge in [-0.3, -0.25) is 14.6 Å². The van der Waals surface area contributed by atoms with Gasteiger partial charge in [0, 0.05) is 31.1 Å². The molecule has 0 atom stereocenters. The predicted octanol–water partition coefficient (Wildman–Crippen LogP) is 5.02. The summed E-state index contributed by atoms with van der Waals surface area (Å²) in [4.78, 5) is 23.1. The summed E-state index contributed by atoms with van der Waals surface area (Å²) in [6.45, 7) is 6.89. The molecule has 34 heavy (non-hydrogen) atoms. The van der Waals surface area contributed by atoms with Crippen molar-refractivity contribution in [2.45, 2.75) is 18.2 Å². The number of carbonyl (C=O) groups is 1. The van der Waals surface area contributed by atoms with E-state index in [1.807, 2.05) is 19.1 Å². The molecule has 184 valence electrons. The highest BCUT2D eigenvalue weighted by molar-refractivity contribution is 8.00. The van der Waals surface area contributed by atoms with Crippen molar-refractivity contribution < 1.29 is 18.7 Å². The van der Waals surface area contributed by atoms with Crippen LogP contribution in [0.1, 0.15) is 12.0 Å². The Kier molecular flexibility index (Phi) is 9.97. The number of hydrogen-bond acceptors (Lipinski definition) is 7. The topological polar surface area (TPSA) is 54.9 Å². The number of thioether (sulfide) groups is 1. The molecular weight excluding hydrogens is 497 g/mol. The third kappa shape index (κ3) is 6.60. The highest BCUT2D eigenvalue weighted by Crippen LogP contribution is 2.36. The number of aryl methyl sites for hydroxylation is 1. The summed E-state index contributed by atoms with van der Waals surface area (Å²) in [5, 5.41) is 0.685. The van der Waals surface area contributed by atoms with Crippen LogP contribution in [-0.2, 0) is 9.53 Å². The van der Waals surface area contributed by atoms with E-state index in [4.69, 9.17) is 14.5 Å². The summed E-state index contributed by atoms with van der Waals surface area (Å²) < 4.78 is 25.2. The summed E-state index contributed by atoms with van der Waals surface area (Å²) in [5.74, 6) is 0.672. The van der Waals surface area contributed by atoms with Crippen molar-refractivity contribution in [1.82, 2.24) is 9.88 Å². The maximum absolute atomic E-state index is 13.3. The quantitative estimate of drug-likeness (QED) is 0.366. The van der Waals surface area contributed by atoms with Gasteiger partial charge in [0.25, 0.3) is 0 Å². The number of ether oxygens (including phenoxy) is 2. The lowest BCUT2D eigenvalue weighted by atomic mass is 10.2. The standard InChI is InChI=1S/C24H28FN3O3S2.ClH/c1-17-4-9-20(30-2)22-23(17)33-24(26-22)28(11-3-10-27-12-14-31-15-13-27)21(29)16-32-19-7-5-18(25)6-8-19;/h4-9H,3,10-16H2,1-2H3;1H. The van der Waals surface area contributed by atoms with Gasteiger partial charge in [0.15, 0.2) is 5.13 Å². The smallest absolute Gasteiger partial charge is 0.239 e. The number of benzene rings is 2. The van der Waals surface area contributed by atoms with E-state index < -0.39 is 0 Å². The molecule has 1 saturated heterocycles. The lowest BCUT2D eigenvalue weighted by molar-refractivity contribution is -0.116. The molecule has 0 unspecified atom stereocenters. The monoisotopic (exact) mass is 525 g/mol. The second-order valence-electron chi connectivity index (χ2n) is 7.85. The predicted molar refractivity (Wildman–Crippen MR) is 140 cm³/mol. The fourth-order valence-electron chi connectivity index (χ4n) is 3.74. The fraction of sp³-hybridized carbons (Fsp3) is 0.417. The van der Waals surface area contributed by atoms with E-state index in [-0.39, 0.29) is 29.9 Å². The molecule has 0 radical (unpaired) electrons. The van der Waals surface area contributed by atoms with Crippen molar-refractivity contribution in [3.05, 3.63) is 47.8 Å². The number of carbonyl (C=O) groups excluding carboxylic acids is 1. The van der Waals surface area contributed by atoms with Crippen molar-refractivity contribution in [3.63, 3.8) is 0 Å². The van der Waals surface area contributed by atoms with Crippen molar-refractivity contribution in [2.75, 3.05) is 57.2 Å². The van der Waals surface area contributed by atoms with Gasteiger partial charge >= 0.3 is 0 Å². The van der Waals surface area contributed by atoms with Crippen molar-refractivity contribution in [1.29, 1.82) is 0 Å². The van der Waals surface area contributed by atoms with Crippen molar-refractivity contribution in [2.24, 2.45) is 0 Å². The summed E-state index contributed by atoms with van der Waals surface area (Å²) in [5.41, 5.74) is 1.89. The third-order valence-corrected chi connectivity index (χ3v) is 7.79. The minimum atomic E-state index is -0.283. The molecule has 0 bridgehead atoms. The van der Waals surface area contributed by atoms with Crippen LogP contribution in [0.2, 0.25) is 0 Å². The minimum Gasteiger partial charge on any atom is -0.494 e. The molecule has 1 aliphatic heterocycles. The lowest BCUT2D eigenvalue weighted by Crippen LogP contribution is -2.39. The minimum absolute atomic E-state index is 0. The highest BCUT2D eigenvalue weighted by Gasteiger charge is 2.22. The second-order valence-corrected chi connectivity index (χ2v) is 9.88. The SMILES string of the molecule is COc1ccc(C)c2sc(N(CCCN3CCOCC3)C(=O)CSc3ccc(F)cc3)nc12.Cl. The van der Waals surface area contributed by atoms with Crippen LogP contribution in [0.15, 0.2) is 41.3 Å². The third-order valence-electron chi connectivity index (χ3n) is 5.58. The number of methoxy groups -OCH3 is 1. The Morgan fingerprint density at radius 1 is 1.24 bits per heavy atom. The maximum Gasteiger partial charge on any atom is 0.239 e. The van der Waals surface area contributed by atoms with Gasteiger partial charge < -0.3 is 9.47 Å². The number of hydrogen-bond donors (Lipinski definition) is 0. The van der Waals surface area contributed by atoms with Crippen LogP contribution in [0.5, 0.6) is 5.75 Å². The molecule has 1 fully saturated rings. The van der Waals surface area contributed by atoms with E-state index in [1.54, 1.807) is 24.1 Å². The highest BCUT2D eigenvalue weighted by atomic mass is 35.5. The number of rotatable bonds is 9. The van der Waals surface area contributed by atoms with Crippen LogP contribution in [0.3, 0.4) is 0 Å². The number of fused-ring (bicyclic) bond motifs is 1. The van der Waals surface area contributed by atoms with Gasteiger partial charge in [-0.25, -0.2) is 9.37 Å². The maximum atomic E-state index is 13.3.